The SMILES string of the molecule is CCOc1ccc(OCC(=O)OCC(=O)Nc2c(C)cccc2CC)cc1. The molecule has 0 saturated heterocycles. The zero-order chi connectivity index (χ0) is 19.6. The molecular weight excluding hydrogens is 346 g/mol. The van der Waals surface area contributed by atoms with Crippen LogP contribution in [0.4, 0.5) is 5.69 Å². The van der Waals surface area contributed by atoms with Crippen molar-refractivity contribution in [2.24, 2.45) is 0 Å². The van der Waals surface area contributed by atoms with Crippen LogP contribution >= 0.6 is 0 Å². The number of ether oxygens (including phenoxy) is 3. The lowest BCUT2D eigenvalue weighted by Crippen LogP contribution is -2.24. The fourth-order valence-electron chi connectivity index (χ4n) is 2.51. The van der Waals surface area contributed by atoms with E-state index in [1.165, 1.54) is 0 Å². The first-order valence-corrected chi connectivity index (χ1v) is 8.93. The predicted octanol–water partition coefficient (Wildman–Crippen LogP) is 3.52. The first-order valence-electron chi connectivity index (χ1n) is 8.93. The highest BCUT2D eigenvalue weighted by atomic mass is 16.6. The molecule has 0 aliphatic heterocycles. The Hall–Kier alpha value is -3.02. The van der Waals surface area contributed by atoms with Gasteiger partial charge in [0.2, 0.25) is 0 Å². The van der Waals surface area contributed by atoms with E-state index >= 15 is 0 Å². The molecule has 0 bridgehead atoms. The normalized spacial score (nSPS) is 10.2. The Labute approximate surface area is 159 Å². The zero-order valence-electron chi connectivity index (χ0n) is 15.9. The second-order valence-electron chi connectivity index (χ2n) is 5.86. The number of esters is 1. The van der Waals surface area contributed by atoms with Gasteiger partial charge in [0.25, 0.3) is 5.91 Å². The van der Waals surface area contributed by atoms with Crippen molar-refractivity contribution in [1.82, 2.24) is 0 Å². The number of carbonyl (C=O) groups excluding carboxylic acids is 2. The van der Waals surface area contributed by atoms with E-state index in [9.17, 15) is 9.59 Å². The van der Waals surface area contributed by atoms with Crippen LogP contribution in [0.5, 0.6) is 11.5 Å². The standard InChI is InChI=1S/C21H25NO5/c1-4-16-8-6-7-15(3)21(16)22-19(23)13-27-20(24)14-26-18-11-9-17(10-12-18)25-5-2/h6-12H,4-5,13-14H2,1-3H3,(H,22,23). The van der Waals surface area contributed by atoms with E-state index in [-0.39, 0.29) is 19.1 Å². The first-order chi connectivity index (χ1) is 13.0. The van der Waals surface area contributed by atoms with Gasteiger partial charge in [0.1, 0.15) is 11.5 Å². The summed E-state index contributed by atoms with van der Waals surface area (Å²) < 4.78 is 15.7. The topological polar surface area (TPSA) is 73.9 Å². The molecule has 0 aromatic heterocycles. The van der Waals surface area contributed by atoms with Crippen LogP contribution in [0.2, 0.25) is 0 Å². The minimum Gasteiger partial charge on any atom is -0.494 e. The van der Waals surface area contributed by atoms with Crippen molar-refractivity contribution in [2.75, 3.05) is 25.1 Å². The summed E-state index contributed by atoms with van der Waals surface area (Å²) in [6.07, 6.45) is 0.799. The van der Waals surface area contributed by atoms with Gasteiger partial charge in [0.05, 0.1) is 6.61 Å². The van der Waals surface area contributed by atoms with E-state index in [0.29, 0.717) is 12.4 Å². The second-order valence-corrected chi connectivity index (χ2v) is 5.86. The van der Waals surface area contributed by atoms with Crippen molar-refractivity contribution < 1.29 is 23.8 Å². The van der Waals surface area contributed by atoms with Crippen molar-refractivity contribution in [3.63, 3.8) is 0 Å². The predicted molar refractivity (Wildman–Crippen MR) is 103 cm³/mol. The lowest BCUT2D eigenvalue weighted by Gasteiger charge is -2.13. The average Bonchev–Trinajstić information content (AvgIpc) is 2.67. The van der Waals surface area contributed by atoms with E-state index in [1.807, 2.05) is 39.0 Å². The number of hydrogen-bond acceptors (Lipinski definition) is 5. The van der Waals surface area contributed by atoms with Gasteiger partial charge in [-0.25, -0.2) is 4.79 Å². The molecule has 2 aromatic rings. The highest BCUT2D eigenvalue weighted by Crippen LogP contribution is 2.21. The lowest BCUT2D eigenvalue weighted by atomic mass is 10.1. The van der Waals surface area contributed by atoms with Crippen LogP contribution in [0, 0.1) is 6.92 Å². The minimum atomic E-state index is -0.612. The van der Waals surface area contributed by atoms with E-state index in [2.05, 4.69) is 5.32 Å². The third-order valence-electron chi connectivity index (χ3n) is 3.86. The number of para-hydroxylation sites is 1. The number of rotatable bonds is 9. The van der Waals surface area contributed by atoms with Gasteiger partial charge in [0, 0.05) is 5.69 Å². The summed E-state index contributed by atoms with van der Waals surface area (Å²) >= 11 is 0. The molecule has 2 aromatic carbocycles. The fraction of sp³-hybridized carbons (Fsp3) is 0.333. The number of anilines is 1. The number of aryl methyl sites for hydroxylation is 2. The van der Waals surface area contributed by atoms with Crippen molar-refractivity contribution in [1.29, 1.82) is 0 Å². The lowest BCUT2D eigenvalue weighted by molar-refractivity contribution is -0.149. The number of benzene rings is 2. The maximum Gasteiger partial charge on any atom is 0.344 e. The minimum absolute atomic E-state index is 0.272. The molecule has 0 atom stereocenters. The van der Waals surface area contributed by atoms with Gasteiger partial charge in [-0.05, 0) is 55.7 Å². The van der Waals surface area contributed by atoms with Crippen LogP contribution in [0.3, 0.4) is 0 Å². The van der Waals surface area contributed by atoms with Gasteiger partial charge >= 0.3 is 5.97 Å². The molecule has 2 rings (SSSR count). The Bertz CT molecular complexity index is 771. The molecule has 0 unspecified atom stereocenters. The number of amides is 1. The molecule has 6 nitrogen and oxygen atoms in total. The number of hydrogen-bond donors (Lipinski definition) is 1. The van der Waals surface area contributed by atoms with Crippen LogP contribution in [0.25, 0.3) is 0 Å². The summed E-state index contributed by atoms with van der Waals surface area (Å²) in [5, 5.41) is 2.81. The van der Waals surface area contributed by atoms with Crippen LogP contribution in [-0.2, 0) is 20.7 Å². The van der Waals surface area contributed by atoms with Gasteiger partial charge < -0.3 is 19.5 Å². The summed E-state index contributed by atoms with van der Waals surface area (Å²) in [7, 11) is 0. The van der Waals surface area contributed by atoms with Gasteiger partial charge in [-0.3, -0.25) is 4.79 Å². The molecule has 1 N–H and O–H groups in total. The molecular formula is C21H25NO5. The maximum atomic E-state index is 12.1. The Balaban J connectivity index is 1.77. The van der Waals surface area contributed by atoms with E-state index in [1.54, 1.807) is 24.3 Å². The zero-order valence-corrected chi connectivity index (χ0v) is 15.9. The molecule has 0 saturated carbocycles. The summed E-state index contributed by atoms with van der Waals surface area (Å²) in [4.78, 5) is 23.8. The summed E-state index contributed by atoms with van der Waals surface area (Å²) in [5.41, 5.74) is 2.77. The number of nitrogens with one attached hydrogen (secondary N) is 1. The third kappa shape index (κ3) is 6.33. The van der Waals surface area contributed by atoms with E-state index in [0.717, 1.165) is 29.0 Å². The second kappa shape index (κ2) is 10.2. The van der Waals surface area contributed by atoms with Crippen molar-refractivity contribution >= 4 is 17.6 Å². The van der Waals surface area contributed by atoms with Gasteiger partial charge in [-0.2, -0.15) is 0 Å². The Morgan fingerprint density at radius 3 is 2.22 bits per heavy atom. The molecule has 1 amide bonds. The van der Waals surface area contributed by atoms with Gasteiger partial charge in [-0.1, -0.05) is 25.1 Å². The van der Waals surface area contributed by atoms with Crippen LogP contribution in [0.15, 0.2) is 42.5 Å². The van der Waals surface area contributed by atoms with Crippen molar-refractivity contribution in [3.05, 3.63) is 53.6 Å². The first kappa shape index (κ1) is 20.3. The summed E-state index contributed by atoms with van der Waals surface area (Å²) in [6, 6.07) is 12.7. The molecule has 144 valence electrons. The quantitative estimate of drug-likeness (QED) is 0.683. The van der Waals surface area contributed by atoms with Crippen LogP contribution in [0.1, 0.15) is 25.0 Å². The van der Waals surface area contributed by atoms with Crippen molar-refractivity contribution in [2.45, 2.75) is 27.2 Å². The molecule has 6 heteroatoms. The van der Waals surface area contributed by atoms with Gasteiger partial charge in [0.15, 0.2) is 13.2 Å². The van der Waals surface area contributed by atoms with Crippen LogP contribution < -0.4 is 14.8 Å². The smallest absolute Gasteiger partial charge is 0.344 e. The molecule has 0 aliphatic carbocycles. The Morgan fingerprint density at radius 2 is 1.59 bits per heavy atom. The average molecular weight is 371 g/mol. The largest absolute Gasteiger partial charge is 0.494 e. The van der Waals surface area contributed by atoms with Crippen molar-refractivity contribution in [3.8, 4) is 11.5 Å². The molecule has 0 spiro atoms. The fourth-order valence-corrected chi connectivity index (χ4v) is 2.51. The maximum absolute atomic E-state index is 12.1. The number of carbonyl (C=O) groups is 2. The van der Waals surface area contributed by atoms with E-state index < -0.39 is 5.97 Å². The molecule has 0 fully saturated rings. The van der Waals surface area contributed by atoms with Crippen LogP contribution in [-0.4, -0.2) is 31.7 Å². The highest BCUT2D eigenvalue weighted by molar-refractivity contribution is 5.94. The highest BCUT2D eigenvalue weighted by Gasteiger charge is 2.12. The Morgan fingerprint density at radius 1 is 0.926 bits per heavy atom. The summed E-state index contributed by atoms with van der Waals surface area (Å²) in [5.74, 6) is 0.257. The molecule has 27 heavy (non-hydrogen) atoms. The molecule has 0 radical (unpaired) electrons. The third-order valence-corrected chi connectivity index (χ3v) is 3.86. The van der Waals surface area contributed by atoms with E-state index in [4.69, 9.17) is 14.2 Å². The van der Waals surface area contributed by atoms with Gasteiger partial charge in [-0.15, -0.1) is 0 Å². The molecule has 0 heterocycles. The monoisotopic (exact) mass is 371 g/mol. The Kier molecular flexibility index (Phi) is 7.67. The summed E-state index contributed by atoms with van der Waals surface area (Å²) in [6.45, 7) is 5.79. The molecule has 0 aliphatic rings.